The number of methoxy groups -OCH3 is 2. The van der Waals surface area contributed by atoms with Crippen molar-refractivity contribution in [3.8, 4) is 11.8 Å². The molecule has 0 atom stereocenters. The number of carbonyl (C=O) groups is 1. The zero-order valence-corrected chi connectivity index (χ0v) is 18.3. The highest BCUT2D eigenvalue weighted by Gasteiger charge is 2.24. The van der Waals surface area contributed by atoms with E-state index in [0.29, 0.717) is 22.5 Å². The minimum absolute atomic E-state index is 0.116. The number of rotatable bonds is 6. The third-order valence-electron chi connectivity index (χ3n) is 5.61. The number of hydrogen-bond acceptors (Lipinski definition) is 6. The van der Waals surface area contributed by atoms with Crippen LogP contribution in [0.15, 0.2) is 42.6 Å². The molecule has 0 bridgehead atoms. The summed E-state index contributed by atoms with van der Waals surface area (Å²) in [5.41, 5.74) is 2.34. The molecule has 162 valence electrons. The number of nitrogens with one attached hydrogen (secondary N) is 2. The maximum Gasteiger partial charge on any atom is 0.256 e. The van der Waals surface area contributed by atoms with E-state index < -0.39 is 0 Å². The monoisotopic (exact) mass is 440 g/mol. The van der Waals surface area contributed by atoms with Crippen molar-refractivity contribution in [3.63, 3.8) is 0 Å². The zero-order valence-electron chi connectivity index (χ0n) is 17.5. The van der Waals surface area contributed by atoms with Gasteiger partial charge in [-0.2, -0.15) is 4.98 Å². The lowest BCUT2D eigenvalue weighted by Gasteiger charge is -2.30. The van der Waals surface area contributed by atoms with Gasteiger partial charge in [-0.15, -0.1) is 0 Å². The number of ether oxygens (including phenoxy) is 2. The van der Waals surface area contributed by atoms with E-state index in [1.165, 1.54) is 14.2 Å². The van der Waals surface area contributed by atoms with Crippen molar-refractivity contribution in [2.24, 2.45) is 0 Å². The summed E-state index contributed by atoms with van der Waals surface area (Å²) >= 11 is 6.09. The summed E-state index contributed by atoms with van der Waals surface area (Å²) in [5, 5.41) is 8.49. The van der Waals surface area contributed by atoms with Crippen molar-refractivity contribution in [1.29, 1.82) is 0 Å². The van der Waals surface area contributed by atoms with E-state index in [9.17, 15) is 4.79 Å². The molecular formula is C23H25ClN4O3. The third kappa shape index (κ3) is 4.82. The molecule has 1 aliphatic rings. The summed E-state index contributed by atoms with van der Waals surface area (Å²) in [4.78, 5) is 21.3. The Labute approximate surface area is 186 Å². The van der Waals surface area contributed by atoms with Crippen molar-refractivity contribution in [2.45, 2.75) is 37.8 Å². The maximum absolute atomic E-state index is 12.7. The van der Waals surface area contributed by atoms with Crippen LogP contribution in [0.2, 0.25) is 5.02 Å². The fourth-order valence-electron chi connectivity index (χ4n) is 3.98. The quantitative estimate of drug-likeness (QED) is 0.588. The molecule has 31 heavy (non-hydrogen) atoms. The van der Waals surface area contributed by atoms with Gasteiger partial charge in [0.25, 0.3) is 5.91 Å². The highest BCUT2D eigenvalue weighted by atomic mass is 35.5. The number of anilines is 1. The van der Waals surface area contributed by atoms with Crippen LogP contribution in [0.3, 0.4) is 0 Å². The predicted molar refractivity (Wildman–Crippen MR) is 121 cm³/mol. The van der Waals surface area contributed by atoms with Crippen molar-refractivity contribution < 1.29 is 14.3 Å². The highest BCUT2D eigenvalue weighted by Crippen LogP contribution is 2.28. The molecule has 2 aromatic heterocycles. The average Bonchev–Trinajstić information content (AvgIpc) is 2.79. The second kappa shape index (κ2) is 9.39. The number of pyridine rings is 2. The Hall–Kier alpha value is -3.06. The molecule has 1 aromatic carbocycles. The van der Waals surface area contributed by atoms with Gasteiger partial charge in [0, 0.05) is 40.4 Å². The predicted octanol–water partition coefficient (Wildman–Crippen LogP) is 4.45. The van der Waals surface area contributed by atoms with Crippen LogP contribution >= 0.6 is 11.6 Å². The molecule has 0 aliphatic heterocycles. The molecule has 3 aromatic rings. The lowest BCUT2D eigenvalue weighted by molar-refractivity contribution is 0.0922. The number of benzene rings is 1. The van der Waals surface area contributed by atoms with Gasteiger partial charge in [0.2, 0.25) is 11.8 Å². The van der Waals surface area contributed by atoms with Gasteiger partial charge < -0.3 is 20.1 Å². The zero-order chi connectivity index (χ0) is 21.8. The number of fused-ring (bicyclic) bond motifs is 1. The van der Waals surface area contributed by atoms with Gasteiger partial charge in [0.1, 0.15) is 5.56 Å². The van der Waals surface area contributed by atoms with Crippen LogP contribution in [-0.4, -0.2) is 42.2 Å². The van der Waals surface area contributed by atoms with Gasteiger partial charge in [0.15, 0.2) is 0 Å². The number of carbonyl (C=O) groups excluding carboxylic acids is 1. The van der Waals surface area contributed by atoms with E-state index in [1.54, 1.807) is 18.3 Å². The SMILES string of the molecule is COc1ccc(C(=O)NC2CCC(Nc3ccnc4cc(Cl)ccc34)CC2)c(OC)n1. The summed E-state index contributed by atoms with van der Waals surface area (Å²) in [6.07, 6.45) is 5.50. The largest absolute Gasteiger partial charge is 0.481 e. The Morgan fingerprint density at radius 3 is 2.55 bits per heavy atom. The molecule has 4 rings (SSSR count). The van der Waals surface area contributed by atoms with Crippen LogP contribution in [0, 0.1) is 0 Å². The minimum atomic E-state index is -0.180. The molecule has 2 N–H and O–H groups in total. The van der Waals surface area contributed by atoms with Crippen LogP contribution in [0.1, 0.15) is 36.0 Å². The van der Waals surface area contributed by atoms with Gasteiger partial charge in [0.05, 0.1) is 19.7 Å². The lowest BCUT2D eigenvalue weighted by atomic mass is 9.90. The fraction of sp³-hybridized carbons (Fsp3) is 0.348. The van der Waals surface area contributed by atoms with Crippen LogP contribution in [0.25, 0.3) is 10.9 Å². The minimum Gasteiger partial charge on any atom is -0.481 e. The maximum atomic E-state index is 12.7. The average molecular weight is 441 g/mol. The van der Waals surface area contributed by atoms with Crippen molar-refractivity contribution >= 4 is 34.1 Å². The van der Waals surface area contributed by atoms with E-state index in [0.717, 1.165) is 42.3 Å². The molecule has 0 radical (unpaired) electrons. The van der Waals surface area contributed by atoms with E-state index >= 15 is 0 Å². The molecule has 0 spiro atoms. The van der Waals surface area contributed by atoms with Crippen molar-refractivity contribution in [1.82, 2.24) is 15.3 Å². The second-order valence-electron chi connectivity index (χ2n) is 7.60. The van der Waals surface area contributed by atoms with Crippen LogP contribution in [-0.2, 0) is 0 Å². The van der Waals surface area contributed by atoms with E-state index in [-0.39, 0.29) is 17.8 Å². The summed E-state index contributed by atoms with van der Waals surface area (Å²) in [7, 11) is 3.02. The molecule has 8 heteroatoms. The van der Waals surface area contributed by atoms with E-state index in [1.807, 2.05) is 24.3 Å². The smallest absolute Gasteiger partial charge is 0.256 e. The van der Waals surface area contributed by atoms with Gasteiger partial charge >= 0.3 is 0 Å². The first kappa shape index (κ1) is 21.2. The first-order chi connectivity index (χ1) is 15.1. The van der Waals surface area contributed by atoms with Crippen LogP contribution < -0.4 is 20.1 Å². The number of halogens is 1. The first-order valence-electron chi connectivity index (χ1n) is 10.3. The summed E-state index contributed by atoms with van der Waals surface area (Å²) in [5.74, 6) is 0.489. The van der Waals surface area contributed by atoms with E-state index in [4.69, 9.17) is 21.1 Å². The number of hydrogen-bond donors (Lipinski definition) is 2. The van der Waals surface area contributed by atoms with Crippen molar-refractivity contribution in [3.05, 3.63) is 53.2 Å². The van der Waals surface area contributed by atoms with Crippen LogP contribution in [0.4, 0.5) is 5.69 Å². The highest BCUT2D eigenvalue weighted by molar-refractivity contribution is 6.31. The first-order valence-corrected chi connectivity index (χ1v) is 10.7. The van der Waals surface area contributed by atoms with Gasteiger partial charge in [-0.1, -0.05) is 11.6 Å². The van der Waals surface area contributed by atoms with E-state index in [2.05, 4.69) is 20.6 Å². The second-order valence-corrected chi connectivity index (χ2v) is 8.03. The van der Waals surface area contributed by atoms with Crippen LogP contribution in [0.5, 0.6) is 11.8 Å². The topological polar surface area (TPSA) is 85.4 Å². The molecule has 7 nitrogen and oxygen atoms in total. The van der Waals surface area contributed by atoms with Gasteiger partial charge in [-0.3, -0.25) is 9.78 Å². The standard InChI is InChI=1S/C23H25ClN4O3/c1-30-21-10-9-18(23(28-21)31-2)22(29)27-16-6-4-15(5-7-16)26-19-11-12-25-20-13-14(24)3-8-17(19)20/h3,8-13,15-16H,4-7H2,1-2H3,(H,25,26)(H,27,29). The number of aromatic nitrogens is 2. The van der Waals surface area contributed by atoms with Crippen molar-refractivity contribution in [2.75, 3.05) is 19.5 Å². The normalized spacial score (nSPS) is 18.4. The fourth-order valence-corrected chi connectivity index (χ4v) is 4.14. The summed E-state index contributed by atoms with van der Waals surface area (Å²) < 4.78 is 10.3. The number of amides is 1. The molecular weight excluding hydrogens is 416 g/mol. The molecule has 2 heterocycles. The Morgan fingerprint density at radius 1 is 1.03 bits per heavy atom. The Morgan fingerprint density at radius 2 is 1.81 bits per heavy atom. The Bertz CT molecular complexity index is 1080. The lowest BCUT2D eigenvalue weighted by Crippen LogP contribution is -2.40. The van der Waals surface area contributed by atoms with Gasteiger partial charge in [-0.25, -0.2) is 0 Å². The summed E-state index contributed by atoms with van der Waals surface area (Å²) in [6.45, 7) is 0. The molecule has 0 unspecified atom stereocenters. The molecule has 1 aliphatic carbocycles. The van der Waals surface area contributed by atoms with Gasteiger partial charge in [-0.05, 0) is 56.0 Å². The Kier molecular flexibility index (Phi) is 6.42. The third-order valence-corrected chi connectivity index (χ3v) is 5.84. The molecule has 1 amide bonds. The Balaban J connectivity index is 1.36. The molecule has 1 saturated carbocycles. The number of nitrogens with zero attached hydrogens (tertiary/aromatic N) is 2. The molecule has 0 saturated heterocycles. The molecule has 1 fully saturated rings. The summed E-state index contributed by atoms with van der Waals surface area (Å²) in [6, 6.07) is 11.5.